The van der Waals surface area contributed by atoms with E-state index in [1.54, 1.807) is 11.8 Å². The molecular weight excluding hydrogens is 346 g/mol. The maximum absolute atomic E-state index is 6.31. The van der Waals surface area contributed by atoms with Crippen LogP contribution in [0.15, 0.2) is 89.9 Å². The second-order valence-corrected chi connectivity index (χ2v) is 7.57. The fourth-order valence-electron chi connectivity index (χ4n) is 2.49. The quantitative estimate of drug-likeness (QED) is 0.425. The van der Waals surface area contributed by atoms with Crippen molar-refractivity contribution in [3.63, 3.8) is 0 Å². The molecule has 0 spiro atoms. The number of nitrogens with two attached hydrogens (primary N) is 1. The van der Waals surface area contributed by atoms with Gasteiger partial charge in [-0.15, -0.1) is 11.8 Å². The standard InChI is InChI=1S/C21H23N.C4H8S/c1-5-8-16(4)19(12-11-15(2)3)20-13-17-9-6-7-10-18(17)14-21(20)22;1-4(2)5-3/h5-14H,2,22H2,1,3-4H3;1H2,2-3H3/b8-5-,12-11+,19-16+;. The zero-order valence-electron chi connectivity index (χ0n) is 17.2. The van der Waals surface area contributed by atoms with E-state index in [0.717, 1.165) is 27.8 Å². The van der Waals surface area contributed by atoms with Crippen LogP contribution < -0.4 is 5.73 Å². The number of benzene rings is 2. The van der Waals surface area contributed by atoms with E-state index in [1.807, 2.05) is 57.4 Å². The molecule has 142 valence electrons. The molecule has 2 aromatic rings. The van der Waals surface area contributed by atoms with Crippen LogP contribution in [0.5, 0.6) is 0 Å². The first kappa shape index (κ1) is 22.6. The van der Waals surface area contributed by atoms with Gasteiger partial charge in [0.2, 0.25) is 0 Å². The second-order valence-electron chi connectivity index (χ2n) is 6.47. The number of fused-ring (bicyclic) bond motifs is 1. The highest BCUT2D eigenvalue weighted by Crippen LogP contribution is 2.31. The van der Waals surface area contributed by atoms with Crippen LogP contribution >= 0.6 is 11.8 Å². The van der Waals surface area contributed by atoms with Crippen LogP contribution in [-0.2, 0) is 0 Å². The van der Waals surface area contributed by atoms with Gasteiger partial charge >= 0.3 is 0 Å². The van der Waals surface area contributed by atoms with Crippen molar-refractivity contribution in [2.75, 3.05) is 12.0 Å². The minimum absolute atomic E-state index is 0.795. The summed E-state index contributed by atoms with van der Waals surface area (Å²) >= 11 is 1.69. The fraction of sp³-hybridized carbons (Fsp3) is 0.200. The highest BCUT2D eigenvalue weighted by molar-refractivity contribution is 8.02. The monoisotopic (exact) mass is 377 g/mol. The van der Waals surface area contributed by atoms with Crippen molar-refractivity contribution in [3.05, 3.63) is 95.5 Å². The van der Waals surface area contributed by atoms with Crippen LogP contribution in [0.4, 0.5) is 5.69 Å². The SMILES string of the molecule is C=C(C)/C=C/C(=C(C)\C=C/C)c1cc2ccccc2cc1N.C=C(C)SC. The Kier molecular flexibility index (Phi) is 9.46. The predicted octanol–water partition coefficient (Wildman–Crippen LogP) is 7.79. The van der Waals surface area contributed by atoms with Gasteiger partial charge in [0, 0.05) is 11.3 Å². The van der Waals surface area contributed by atoms with Crippen molar-refractivity contribution < 1.29 is 0 Å². The largest absolute Gasteiger partial charge is 0.398 e. The Morgan fingerprint density at radius 3 is 2.00 bits per heavy atom. The second kappa shape index (κ2) is 11.3. The fourth-order valence-corrected chi connectivity index (χ4v) is 2.49. The normalized spacial score (nSPS) is 12.0. The van der Waals surface area contributed by atoms with Crippen molar-refractivity contribution in [3.8, 4) is 0 Å². The molecule has 0 aliphatic rings. The molecule has 2 heteroatoms. The van der Waals surface area contributed by atoms with Crippen LogP contribution in [0, 0.1) is 0 Å². The predicted molar refractivity (Wildman–Crippen MR) is 128 cm³/mol. The minimum atomic E-state index is 0.795. The van der Waals surface area contributed by atoms with E-state index in [4.69, 9.17) is 5.73 Å². The Labute approximate surface area is 169 Å². The zero-order chi connectivity index (χ0) is 20.4. The van der Waals surface area contributed by atoms with Gasteiger partial charge in [-0.1, -0.05) is 67.3 Å². The van der Waals surface area contributed by atoms with E-state index < -0.39 is 0 Å². The Morgan fingerprint density at radius 2 is 1.52 bits per heavy atom. The molecule has 0 heterocycles. The van der Waals surface area contributed by atoms with Gasteiger partial charge in [-0.2, -0.15) is 0 Å². The van der Waals surface area contributed by atoms with E-state index in [0.29, 0.717) is 0 Å². The Bertz CT molecular complexity index is 898. The van der Waals surface area contributed by atoms with Crippen molar-refractivity contribution >= 4 is 33.8 Å². The van der Waals surface area contributed by atoms with Gasteiger partial charge in [0.1, 0.15) is 0 Å². The number of thioether (sulfide) groups is 1. The molecule has 0 unspecified atom stereocenters. The summed E-state index contributed by atoms with van der Waals surface area (Å²) in [7, 11) is 0. The molecule has 1 nitrogen and oxygen atoms in total. The highest BCUT2D eigenvalue weighted by atomic mass is 32.2. The average Bonchev–Trinajstić information content (AvgIpc) is 2.62. The molecule has 0 saturated carbocycles. The lowest BCUT2D eigenvalue weighted by Crippen LogP contribution is -1.95. The van der Waals surface area contributed by atoms with Crippen LogP contribution in [0.2, 0.25) is 0 Å². The number of allylic oxidation sites excluding steroid dienone is 8. The lowest BCUT2D eigenvalue weighted by atomic mass is 9.95. The lowest BCUT2D eigenvalue weighted by Gasteiger charge is -2.12. The van der Waals surface area contributed by atoms with Gasteiger partial charge in [0.25, 0.3) is 0 Å². The summed E-state index contributed by atoms with van der Waals surface area (Å²) in [6.07, 6.45) is 10.3. The summed E-state index contributed by atoms with van der Waals surface area (Å²) < 4.78 is 0. The zero-order valence-corrected chi connectivity index (χ0v) is 18.0. The van der Waals surface area contributed by atoms with E-state index in [2.05, 4.69) is 50.4 Å². The van der Waals surface area contributed by atoms with Gasteiger partial charge in [-0.25, -0.2) is 0 Å². The third-order valence-electron chi connectivity index (χ3n) is 3.93. The van der Waals surface area contributed by atoms with E-state index in [9.17, 15) is 0 Å². The minimum Gasteiger partial charge on any atom is -0.398 e. The molecule has 0 saturated heterocycles. The van der Waals surface area contributed by atoms with Gasteiger partial charge in [0.05, 0.1) is 0 Å². The van der Waals surface area contributed by atoms with Gasteiger partial charge < -0.3 is 5.73 Å². The van der Waals surface area contributed by atoms with Crippen molar-refractivity contribution in [2.45, 2.75) is 27.7 Å². The van der Waals surface area contributed by atoms with Crippen LogP contribution in [0.1, 0.15) is 33.3 Å². The molecule has 2 N–H and O–H groups in total. The number of hydrogen-bond donors (Lipinski definition) is 1. The van der Waals surface area contributed by atoms with Gasteiger partial charge in [0.15, 0.2) is 0 Å². The molecule has 0 amide bonds. The first-order valence-electron chi connectivity index (χ1n) is 8.95. The third-order valence-corrected chi connectivity index (χ3v) is 4.63. The molecule has 0 radical (unpaired) electrons. The van der Waals surface area contributed by atoms with Crippen LogP contribution in [0.3, 0.4) is 0 Å². The van der Waals surface area contributed by atoms with Crippen molar-refractivity contribution in [2.24, 2.45) is 0 Å². The Balaban J connectivity index is 0.000000646. The smallest absolute Gasteiger partial charge is 0.0400 e. The van der Waals surface area contributed by atoms with Crippen LogP contribution in [0.25, 0.3) is 16.3 Å². The van der Waals surface area contributed by atoms with Crippen molar-refractivity contribution in [1.82, 2.24) is 0 Å². The molecule has 0 aromatic heterocycles. The molecule has 0 fully saturated rings. The number of nitrogen functional groups attached to an aromatic ring is 1. The molecule has 0 atom stereocenters. The van der Waals surface area contributed by atoms with E-state index in [1.165, 1.54) is 15.9 Å². The maximum atomic E-state index is 6.31. The first-order valence-corrected chi connectivity index (χ1v) is 10.2. The highest BCUT2D eigenvalue weighted by Gasteiger charge is 2.07. The molecular formula is C25H31NS. The summed E-state index contributed by atoms with van der Waals surface area (Å²) in [5.41, 5.74) is 11.5. The summed E-state index contributed by atoms with van der Waals surface area (Å²) in [6.45, 7) is 15.7. The summed E-state index contributed by atoms with van der Waals surface area (Å²) in [4.78, 5) is 1.17. The van der Waals surface area contributed by atoms with Gasteiger partial charge in [-0.3, -0.25) is 0 Å². The third kappa shape index (κ3) is 7.36. The molecule has 0 bridgehead atoms. The lowest BCUT2D eigenvalue weighted by molar-refractivity contribution is 1.48. The van der Waals surface area contributed by atoms with Gasteiger partial charge in [-0.05, 0) is 72.9 Å². The number of anilines is 1. The molecule has 0 aliphatic carbocycles. The topological polar surface area (TPSA) is 26.0 Å². The average molecular weight is 378 g/mol. The van der Waals surface area contributed by atoms with Crippen LogP contribution in [-0.4, -0.2) is 6.26 Å². The Morgan fingerprint density at radius 1 is 0.963 bits per heavy atom. The first-order chi connectivity index (χ1) is 12.8. The summed E-state index contributed by atoms with van der Waals surface area (Å²) in [6, 6.07) is 12.5. The molecule has 0 aliphatic heterocycles. The van der Waals surface area contributed by atoms with E-state index in [-0.39, 0.29) is 0 Å². The maximum Gasteiger partial charge on any atom is 0.0400 e. The Hall–Kier alpha value is -2.45. The molecule has 27 heavy (non-hydrogen) atoms. The summed E-state index contributed by atoms with van der Waals surface area (Å²) in [5.74, 6) is 0. The number of hydrogen-bond acceptors (Lipinski definition) is 2. The molecule has 2 rings (SSSR count). The van der Waals surface area contributed by atoms with Crippen molar-refractivity contribution in [1.29, 1.82) is 0 Å². The molecule has 2 aromatic carbocycles. The summed E-state index contributed by atoms with van der Waals surface area (Å²) in [5, 5.41) is 2.36. The number of rotatable bonds is 5. The van der Waals surface area contributed by atoms with E-state index >= 15 is 0 Å².